The van der Waals surface area contributed by atoms with Crippen molar-refractivity contribution in [3.8, 4) is 5.75 Å². The molecule has 0 radical (unpaired) electrons. The molecule has 5 heteroatoms. The number of aryl methyl sites for hydroxylation is 1. The topological polar surface area (TPSA) is 26.5 Å². The maximum Gasteiger partial charge on any atom is 0.173 e. The molecule has 1 atom stereocenters. The number of hydrogen-bond donors (Lipinski definition) is 0. The van der Waals surface area contributed by atoms with Crippen LogP contribution in [0.3, 0.4) is 0 Å². The second kappa shape index (κ2) is 10.0. The molecule has 0 unspecified atom stereocenters. The lowest BCUT2D eigenvalue weighted by atomic mass is 10.1. The van der Waals surface area contributed by atoms with Gasteiger partial charge in [-0.15, -0.1) is 0 Å². The van der Waals surface area contributed by atoms with E-state index in [1.807, 2.05) is 24.3 Å². The Balaban J connectivity index is 1.70. The van der Waals surface area contributed by atoms with Gasteiger partial charge in [0, 0.05) is 48.7 Å². The van der Waals surface area contributed by atoms with Crippen LogP contribution in [0.15, 0.2) is 118 Å². The minimum Gasteiger partial charge on any atom is -0.455 e. The Morgan fingerprint density at radius 1 is 0.744 bits per heavy atom. The molecule has 1 heterocycles. The molecule has 0 spiro atoms. The summed E-state index contributed by atoms with van der Waals surface area (Å²) in [6.45, 7) is 9.90. The molecule has 1 aromatic heterocycles. The summed E-state index contributed by atoms with van der Waals surface area (Å²) in [6.07, 6.45) is 0. The lowest BCUT2D eigenvalue weighted by molar-refractivity contribution is 0.571. The maximum atomic E-state index is 7.17. The Labute approximate surface area is 238 Å². The van der Waals surface area contributed by atoms with Gasteiger partial charge in [-0.25, -0.2) is 4.74 Å². The van der Waals surface area contributed by atoms with E-state index in [0.717, 1.165) is 33.1 Å². The molecule has 0 aliphatic rings. The fourth-order valence-electron chi connectivity index (χ4n) is 5.47. The molecule has 0 aliphatic heterocycles. The number of halogens is 1. The summed E-state index contributed by atoms with van der Waals surface area (Å²) in [4.78, 5) is 0. The van der Waals surface area contributed by atoms with Crippen LogP contribution in [0.1, 0.15) is 27.7 Å². The van der Waals surface area contributed by atoms with Gasteiger partial charge in [-0.1, -0.05) is 91.3 Å². The first-order valence-electron chi connectivity index (χ1n) is 13.4. The zero-order chi connectivity index (χ0) is 27.2. The highest BCUT2D eigenvalue weighted by molar-refractivity contribution is 9.10. The summed E-state index contributed by atoms with van der Waals surface area (Å²) in [5, 5.41) is 5.67. The lowest BCUT2D eigenvalue weighted by Crippen LogP contribution is -2.27. The normalized spacial score (nSPS) is 13.6. The van der Waals surface area contributed by atoms with E-state index in [2.05, 4.69) is 133 Å². The standard InChI is InChI=1S/C34H32BrN2OP/c1-5-37-32-16-9-8-14-29(32)30-23-27(21-22-33(30)37)39(34(2,3)4,38-26-19-17-25(35)18-20-26)36-31-15-10-12-24-11-6-7-13-28(24)31/h6-23H,5H2,1-4H3/t39-/m1/s1. The van der Waals surface area contributed by atoms with Crippen LogP contribution >= 0.6 is 23.2 Å². The average molecular weight is 596 g/mol. The third-order valence-corrected chi connectivity index (χ3v) is 11.7. The van der Waals surface area contributed by atoms with Crippen molar-refractivity contribution in [1.82, 2.24) is 4.57 Å². The van der Waals surface area contributed by atoms with E-state index in [1.54, 1.807) is 0 Å². The second-order valence-electron chi connectivity index (χ2n) is 10.9. The van der Waals surface area contributed by atoms with Crippen molar-refractivity contribution in [3.63, 3.8) is 0 Å². The van der Waals surface area contributed by atoms with Crippen LogP contribution in [0.2, 0.25) is 0 Å². The van der Waals surface area contributed by atoms with E-state index in [0.29, 0.717) is 0 Å². The second-order valence-corrected chi connectivity index (χ2v) is 15.2. The monoisotopic (exact) mass is 594 g/mol. The maximum absolute atomic E-state index is 7.17. The van der Waals surface area contributed by atoms with Crippen molar-refractivity contribution < 1.29 is 4.52 Å². The minimum absolute atomic E-state index is 0.284. The fraction of sp³-hybridized carbons (Fsp3) is 0.176. The van der Waals surface area contributed by atoms with Gasteiger partial charge in [0.1, 0.15) is 5.75 Å². The number of aromatic nitrogens is 1. The smallest absolute Gasteiger partial charge is 0.173 e. The SMILES string of the molecule is CCn1c2ccccc2c2cc([P@@](=Nc3cccc4ccccc34)(Oc3ccc(Br)cc3)C(C)(C)C)ccc21. The Morgan fingerprint density at radius 3 is 2.15 bits per heavy atom. The van der Waals surface area contributed by atoms with Gasteiger partial charge < -0.3 is 9.09 Å². The average Bonchev–Trinajstić information content (AvgIpc) is 3.26. The summed E-state index contributed by atoms with van der Waals surface area (Å²) >= 11 is 3.58. The molecule has 0 bridgehead atoms. The molecule has 0 amide bonds. The third kappa shape index (κ3) is 4.50. The highest BCUT2D eigenvalue weighted by atomic mass is 79.9. The summed E-state index contributed by atoms with van der Waals surface area (Å²) in [6, 6.07) is 38.5. The predicted molar refractivity (Wildman–Crippen MR) is 172 cm³/mol. The molecule has 196 valence electrons. The number of para-hydroxylation sites is 1. The quantitative estimate of drug-likeness (QED) is 0.182. The minimum atomic E-state index is -2.68. The van der Waals surface area contributed by atoms with Gasteiger partial charge in [-0.3, -0.25) is 0 Å². The van der Waals surface area contributed by atoms with E-state index < -0.39 is 7.28 Å². The van der Waals surface area contributed by atoms with Crippen molar-refractivity contribution in [1.29, 1.82) is 0 Å². The van der Waals surface area contributed by atoms with Crippen LogP contribution in [0.4, 0.5) is 5.69 Å². The molecule has 0 N–H and O–H groups in total. The molecular formula is C34H32BrN2OP. The molecule has 39 heavy (non-hydrogen) atoms. The molecule has 0 aliphatic carbocycles. The van der Waals surface area contributed by atoms with Crippen molar-refractivity contribution >= 4 is 66.8 Å². The number of fused-ring (bicyclic) bond motifs is 4. The van der Waals surface area contributed by atoms with Gasteiger partial charge in [0.15, 0.2) is 7.28 Å². The Morgan fingerprint density at radius 2 is 1.41 bits per heavy atom. The van der Waals surface area contributed by atoms with Gasteiger partial charge in [0.05, 0.1) is 5.69 Å². The van der Waals surface area contributed by atoms with Gasteiger partial charge in [-0.2, -0.15) is 0 Å². The highest BCUT2D eigenvalue weighted by Gasteiger charge is 2.39. The van der Waals surface area contributed by atoms with Gasteiger partial charge >= 0.3 is 0 Å². The molecule has 3 nitrogen and oxygen atoms in total. The molecule has 0 fully saturated rings. The third-order valence-electron chi connectivity index (χ3n) is 7.40. The van der Waals surface area contributed by atoms with E-state index in [4.69, 9.17) is 9.27 Å². The van der Waals surface area contributed by atoms with Crippen molar-refractivity contribution in [2.24, 2.45) is 4.74 Å². The van der Waals surface area contributed by atoms with Crippen LogP contribution in [-0.4, -0.2) is 9.72 Å². The lowest BCUT2D eigenvalue weighted by Gasteiger charge is -2.37. The van der Waals surface area contributed by atoms with E-state index >= 15 is 0 Å². The van der Waals surface area contributed by atoms with Crippen molar-refractivity contribution in [2.75, 3.05) is 0 Å². The van der Waals surface area contributed by atoms with Crippen LogP contribution in [-0.2, 0) is 6.54 Å². The van der Waals surface area contributed by atoms with Crippen LogP contribution < -0.4 is 9.83 Å². The first-order valence-corrected chi connectivity index (χ1v) is 15.8. The Bertz CT molecular complexity index is 1870. The highest BCUT2D eigenvalue weighted by Crippen LogP contribution is 2.62. The van der Waals surface area contributed by atoms with Gasteiger partial charge in [0.2, 0.25) is 0 Å². The molecule has 5 aromatic carbocycles. The van der Waals surface area contributed by atoms with Crippen molar-refractivity contribution in [2.45, 2.75) is 39.4 Å². The van der Waals surface area contributed by atoms with Gasteiger partial charge in [-0.05, 0) is 66.9 Å². The Kier molecular flexibility index (Phi) is 6.65. The summed E-state index contributed by atoms with van der Waals surface area (Å²) < 4.78 is 16.2. The number of nitrogens with zero attached hydrogens (tertiary/aromatic N) is 2. The first kappa shape index (κ1) is 25.9. The molecule has 6 rings (SSSR count). The summed E-state index contributed by atoms with van der Waals surface area (Å²) in [5.41, 5.74) is 3.46. The number of benzene rings is 5. The van der Waals surface area contributed by atoms with E-state index in [1.165, 1.54) is 27.2 Å². The molecule has 6 aromatic rings. The van der Waals surface area contributed by atoms with Crippen molar-refractivity contribution in [3.05, 3.63) is 114 Å². The van der Waals surface area contributed by atoms with E-state index in [-0.39, 0.29) is 5.16 Å². The van der Waals surface area contributed by atoms with Crippen LogP contribution in [0, 0.1) is 0 Å². The number of hydrogen-bond acceptors (Lipinski definition) is 2. The first-order chi connectivity index (χ1) is 18.8. The van der Waals surface area contributed by atoms with Crippen LogP contribution in [0.5, 0.6) is 5.75 Å². The molecule has 0 saturated carbocycles. The summed E-state index contributed by atoms with van der Waals surface area (Å²) in [5.74, 6) is 0.821. The molecule has 0 saturated heterocycles. The van der Waals surface area contributed by atoms with E-state index in [9.17, 15) is 0 Å². The van der Waals surface area contributed by atoms with Gasteiger partial charge in [0.25, 0.3) is 0 Å². The van der Waals surface area contributed by atoms with Crippen LogP contribution in [0.25, 0.3) is 32.6 Å². The fourth-order valence-corrected chi connectivity index (χ4v) is 8.83. The zero-order valence-electron chi connectivity index (χ0n) is 22.7. The molecular weight excluding hydrogens is 563 g/mol. The summed E-state index contributed by atoms with van der Waals surface area (Å²) in [7, 11) is -2.68. The number of rotatable bonds is 5. The largest absolute Gasteiger partial charge is 0.455 e. The Hall–Kier alpha value is -3.33. The predicted octanol–water partition coefficient (Wildman–Crippen LogP) is 10.7. The zero-order valence-corrected chi connectivity index (χ0v) is 25.2.